The number of rotatable bonds is 8. The summed E-state index contributed by atoms with van der Waals surface area (Å²) in [6.45, 7) is 2.17. The quantitative estimate of drug-likeness (QED) is 0.162. The Morgan fingerprint density at radius 2 is 1.74 bits per heavy atom. The number of carbonyl (C=O) groups excluding carboxylic acids is 4. The maximum atomic E-state index is 12.7. The molecule has 0 spiro atoms. The summed E-state index contributed by atoms with van der Waals surface area (Å²) in [7, 11) is 0. The zero-order valence-electron chi connectivity index (χ0n) is 14.2. The number of hydrogen-bond acceptors (Lipinski definition) is 7. The maximum absolute atomic E-state index is 12.7. The molecule has 1 radical (unpaired) electrons. The van der Waals surface area contributed by atoms with Gasteiger partial charge in [-0.3, -0.25) is 19.2 Å². The van der Waals surface area contributed by atoms with E-state index in [-0.39, 0.29) is 18.7 Å². The van der Waals surface area contributed by atoms with Gasteiger partial charge in [-0.05, 0) is 67.8 Å². The standard InChI is InChI=1S/C15H15I3N3O6/c1-6(23)26-4-8(27-7(2)24)3-20-15(25)9-10(16)13(19)12(18)14(11(9)17)21-5-22/h8H,3-4,19H2,1-2H3,(H,20,25)(H,21,22). The highest BCUT2D eigenvalue weighted by Gasteiger charge is 2.24. The van der Waals surface area contributed by atoms with Crippen molar-refractivity contribution in [2.45, 2.75) is 20.0 Å². The van der Waals surface area contributed by atoms with Crippen molar-refractivity contribution in [1.82, 2.24) is 5.32 Å². The van der Waals surface area contributed by atoms with Crippen molar-refractivity contribution in [1.29, 1.82) is 0 Å². The van der Waals surface area contributed by atoms with E-state index in [9.17, 15) is 19.2 Å². The SMILES string of the molecule is CC(=O)OCC(CNC(=O)c1c(I)c(N)c(I)c(N[C]=O)c1I)OC(C)=O. The monoisotopic (exact) mass is 714 g/mol. The zero-order chi connectivity index (χ0) is 20.7. The fourth-order valence-corrected chi connectivity index (χ4v) is 5.84. The molecule has 0 heterocycles. The number of nitrogens with two attached hydrogens (primary N) is 1. The average Bonchev–Trinajstić information content (AvgIpc) is 2.59. The van der Waals surface area contributed by atoms with Gasteiger partial charge in [-0.2, -0.15) is 0 Å². The average molecular weight is 714 g/mol. The van der Waals surface area contributed by atoms with E-state index in [4.69, 9.17) is 15.2 Å². The normalized spacial score (nSPS) is 11.3. The predicted octanol–water partition coefficient (Wildman–Crippen LogP) is 1.79. The second-order valence-electron chi connectivity index (χ2n) is 5.08. The van der Waals surface area contributed by atoms with Crippen LogP contribution in [-0.4, -0.2) is 43.5 Å². The first-order valence-electron chi connectivity index (χ1n) is 7.27. The van der Waals surface area contributed by atoms with Crippen LogP contribution in [0.5, 0.6) is 0 Å². The van der Waals surface area contributed by atoms with E-state index in [1.54, 1.807) is 6.41 Å². The van der Waals surface area contributed by atoms with Gasteiger partial charge in [-0.15, -0.1) is 0 Å². The molecule has 9 nitrogen and oxygen atoms in total. The van der Waals surface area contributed by atoms with E-state index in [1.807, 2.05) is 67.8 Å². The Bertz CT molecular complexity index is 772. The number of anilines is 2. The van der Waals surface area contributed by atoms with Gasteiger partial charge in [0.1, 0.15) is 6.61 Å². The smallest absolute Gasteiger partial charge is 0.314 e. The second kappa shape index (κ2) is 11.2. The summed E-state index contributed by atoms with van der Waals surface area (Å²) in [4.78, 5) is 45.5. The fourth-order valence-electron chi connectivity index (χ4n) is 1.92. The maximum Gasteiger partial charge on any atom is 0.314 e. The number of benzene rings is 1. The third-order valence-electron chi connectivity index (χ3n) is 3.05. The highest BCUT2D eigenvalue weighted by Crippen LogP contribution is 2.36. The summed E-state index contributed by atoms with van der Waals surface area (Å²) in [5, 5.41) is 5.04. The number of nitrogen functional groups attached to an aromatic ring is 1. The van der Waals surface area contributed by atoms with Crippen LogP contribution >= 0.6 is 67.8 Å². The Hall–Kier alpha value is -0.910. The first kappa shape index (κ1) is 24.1. The molecule has 1 unspecified atom stereocenters. The predicted molar refractivity (Wildman–Crippen MR) is 123 cm³/mol. The van der Waals surface area contributed by atoms with Gasteiger partial charge in [0.25, 0.3) is 5.91 Å². The highest BCUT2D eigenvalue weighted by atomic mass is 127. The third kappa shape index (κ3) is 6.88. The van der Waals surface area contributed by atoms with Crippen molar-refractivity contribution in [2.75, 3.05) is 24.2 Å². The van der Waals surface area contributed by atoms with Crippen molar-refractivity contribution in [3.8, 4) is 0 Å². The molecule has 0 fully saturated rings. The summed E-state index contributed by atoms with van der Waals surface area (Å²) < 4.78 is 11.5. The molecule has 2 amide bonds. The Labute approximate surface area is 196 Å². The Kier molecular flexibility index (Phi) is 9.99. The lowest BCUT2D eigenvalue weighted by Gasteiger charge is -2.19. The van der Waals surface area contributed by atoms with Gasteiger partial charge >= 0.3 is 18.3 Å². The van der Waals surface area contributed by atoms with E-state index in [0.29, 0.717) is 22.1 Å². The lowest BCUT2D eigenvalue weighted by Crippen LogP contribution is -2.38. The fraction of sp³-hybridized carbons (Fsp3) is 0.333. The molecule has 27 heavy (non-hydrogen) atoms. The molecule has 0 saturated heterocycles. The number of ether oxygens (including phenoxy) is 2. The topological polar surface area (TPSA) is 137 Å². The van der Waals surface area contributed by atoms with Crippen LogP contribution in [0.25, 0.3) is 0 Å². The van der Waals surface area contributed by atoms with Crippen LogP contribution in [0.1, 0.15) is 24.2 Å². The van der Waals surface area contributed by atoms with Gasteiger partial charge in [0.2, 0.25) is 0 Å². The van der Waals surface area contributed by atoms with E-state index >= 15 is 0 Å². The molecule has 0 aliphatic heterocycles. The number of carbonyl (C=O) groups is 3. The Balaban J connectivity index is 3.05. The van der Waals surface area contributed by atoms with Crippen molar-refractivity contribution in [3.05, 3.63) is 16.3 Å². The number of amides is 2. The van der Waals surface area contributed by atoms with Gasteiger partial charge in [0.15, 0.2) is 6.10 Å². The minimum Gasteiger partial charge on any atom is -0.462 e. The van der Waals surface area contributed by atoms with Gasteiger partial charge < -0.3 is 25.8 Å². The van der Waals surface area contributed by atoms with E-state index < -0.39 is 23.9 Å². The van der Waals surface area contributed by atoms with Gasteiger partial charge in [0.05, 0.1) is 34.2 Å². The van der Waals surface area contributed by atoms with Gasteiger partial charge in [0, 0.05) is 13.8 Å². The van der Waals surface area contributed by atoms with Crippen LogP contribution in [0, 0.1) is 10.7 Å². The lowest BCUT2D eigenvalue weighted by atomic mass is 10.1. The molecular weight excluding hydrogens is 699 g/mol. The summed E-state index contributed by atoms with van der Waals surface area (Å²) in [5.74, 6) is -1.59. The minimum absolute atomic E-state index is 0.0771. The van der Waals surface area contributed by atoms with Crippen molar-refractivity contribution in [3.63, 3.8) is 0 Å². The molecule has 12 heteroatoms. The summed E-state index contributed by atoms with van der Waals surface area (Å²) >= 11 is 5.84. The van der Waals surface area contributed by atoms with Crippen molar-refractivity contribution in [2.24, 2.45) is 0 Å². The first-order chi connectivity index (χ1) is 12.6. The summed E-state index contributed by atoms with van der Waals surface area (Å²) in [6.07, 6.45) is 0.732. The molecule has 0 bridgehead atoms. The molecule has 1 rings (SSSR count). The molecule has 0 aromatic heterocycles. The molecule has 4 N–H and O–H groups in total. The highest BCUT2D eigenvalue weighted by molar-refractivity contribution is 14.1. The van der Waals surface area contributed by atoms with Crippen LogP contribution in [-0.2, 0) is 23.9 Å². The summed E-state index contributed by atoms with van der Waals surface area (Å²) in [6, 6.07) is 0. The van der Waals surface area contributed by atoms with Gasteiger partial charge in [-0.25, -0.2) is 0 Å². The number of halogens is 3. The van der Waals surface area contributed by atoms with E-state index in [2.05, 4.69) is 10.6 Å². The molecule has 147 valence electrons. The second-order valence-corrected chi connectivity index (χ2v) is 8.31. The minimum atomic E-state index is -0.840. The largest absolute Gasteiger partial charge is 0.462 e. The molecule has 0 aliphatic rings. The first-order valence-corrected chi connectivity index (χ1v) is 10.5. The van der Waals surface area contributed by atoms with E-state index in [1.165, 1.54) is 13.8 Å². The van der Waals surface area contributed by atoms with Crippen molar-refractivity contribution < 1.29 is 28.7 Å². The van der Waals surface area contributed by atoms with Crippen LogP contribution in [0.4, 0.5) is 11.4 Å². The zero-order valence-corrected chi connectivity index (χ0v) is 20.6. The van der Waals surface area contributed by atoms with Crippen LogP contribution < -0.4 is 16.4 Å². The van der Waals surface area contributed by atoms with Crippen LogP contribution in [0.3, 0.4) is 0 Å². The molecular formula is C15H15I3N3O6. The number of hydrogen-bond donors (Lipinski definition) is 3. The summed E-state index contributed by atoms with van der Waals surface area (Å²) in [5.41, 5.74) is 7.02. The number of nitrogens with one attached hydrogen (secondary N) is 2. The third-order valence-corrected chi connectivity index (χ3v) is 6.37. The Morgan fingerprint density at radius 1 is 1.11 bits per heavy atom. The molecule has 0 aliphatic carbocycles. The Morgan fingerprint density at radius 3 is 2.26 bits per heavy atom. The number of esters is 2. The molecule has 0 saturated carbocycles. The lowest BCUT2D eigenvalue weighted by molar-refractivity contribution is -0.155. The molecule has 1 aromatic carbocycles. The van der Waals surface area contributed by atoms with Crippen LogP contribution in [0.2, 0.25) is 0 Å². The van der Waals surface area contributed by atoms with Crippen LogP contribution in [0.15, 0.2) is 0 Å². The molecule has 1 aromatic rings. The van der Waals surface area contributed by atoms with Gasteiger partial charge in [-0.1, -0.05) is 0 Å². The molecule has 1 atom stereocenters. The van der Waals surface area contributed by atoms with E-state index in [0.717, 1.165) is 0 Å². The van der Waals surface area contributed by atoms with Crippen molar-refractivity contribution >= 4 is 103 Å².